The zero-order valence-electron chi connectivity index (χ0n) is 16.9. The fraction of sp³-hybridized carbons (Fsp3) is 0.333. The van der Waals surface area contributed by atoms with Gasteiger partial charge in [0.2, 0.25) is 0 Å². The van der Waals surface area contributed by atoms with Crippen molar-refractivity contribution < 1.29 is 9.13 Å². The summed E-state index contributed by atoms with van der Waals surface area (Å²) in [6.07, 6.45) is 6.39. The van der Waals surface area contributed by atoms with Gasteiger partial charge in [0.1, 0.15) is 23.1 Å². The molecule has 6 rings (SSSR count). The van der Waals surface area contributed by atoms with Gasteiger partial charge in [0, 0.05) is 49.2 Å². The molecule has 158 valence electrons. The van der Waals surface area contributed by atoms with Crippen LogP contribution in [0.25, 0.3) is 21.9 Å². The van der Waals surface area contributed by atoms with Crippen molar-refractivity contribution in [2.45, 2.75) is 18.9 Å². The predicted molar refractivity (Wildman–Crippen MR) is 115 cm³/mol. The summed E-state index contributed by atoms with van der Waals surface area (Å²) < 4.78 is 19.4. The second-order valence-electron chi connectivity index (χ2n) is 8.30. The molecule has 2 aliphatic rings. The molecule has 1 aliphatic heterocycles. The number of nitrogens with two attached hydrogens (primary N) is 1. The van der Waals surface area contributed by atoms with Crippen LogP contribution in [0.4, 0.5) is 16.0 Å². The minimum Gasteiger partial charge on any atom is -0.422 e. The van der Waals surface area contributed by atoms with Crippen LogP contribution < -0.4 is 20.7 Å². The predicted octanol–water partition coefficient (Wildman–Crippen LogP) is 2.80. The summed E-state index contributed by atoms with van der Waals surface area (Å²) in [5.41, 5.74) is 7.87. The molecule has 1 spiro atoms. The topological polar surface area (TPSA) is 118 Å². The molecule has 5 heterocycles. The van der Waals surface area contributed by atoms with Crippen molar-refractivity contribution >= 4 is 33.6 Å². The van der Waals surface area contributed by atoms with Gasteiger partial charge >= 0.3 is 6.01 Å². The number of nitrogens with zero attached hydrogens (tertiary/aromatic N) is 5. The summed E-state index contributed by atoms with van der Waals surface area (Å²) in [5.74, 6) is 1.25. The van der Waals surface area contributed by atoms with E-state index in [0.717, 1.165) is 60.1 Å². The van der Waals surface area contributed by atoms with E-state index in [2.05, 4.69) is 30.2 Å². The maximum Gasteiger partial charge on any atom is 0.326 e. The Morgan fingerprint density at radius 1 is 1.35 bits per heavy atom. The van der Waals surface area contributed by atoms with E-state index in [9.17, 15) is 4.39 Å². The van der Waals surface area contributed by atoms with Gasteiger partial charge in [-0.1, -0.05) is 0 Å². The van der Waals surface area contributed by atoms with Gasteiger partial charge in [-0.2, -0.15) is 9.97 Å². The number of fused-ring (bicyclic) bond motifs is 3. The normalized spacial score (nSPS) is 22.5. The lowest BCUT2D eigenvalue weighted by molar-refractivity contribution is 0.437. The number of hydrogen-bond donors (Lipinski definition) is 3. The van der Waals surface area contributed by atoms with Gasteiger partial charge in [-0.15, -0.1) is 0 Å². The molecule has 1 saturated heterocycles. The Balaban J connectivity index is 1.52. The Morgan fingerprint density at radius 3 is 2.97 bits per heavy atom. The Labute approximate surface area is 176 Å². The van der Waals surface area contributed by atoms with E-state index in [1.807, 2.05) is 13.1 Å². The van der Waals surface area contributed by atoms with Crippen molar-refractivity contribution in [1.29, 1.82) is 0 Å². The van der Waals surface area contributed by atoms with Gasteiger partial charge in [-0.25, -0.2) is 9.37 Å². The highest BCUT2D eigenvalue weighted by atomic mass is 19.1. The standard InChI is InChI=1S/C21H21FN8O/c1-24-18-16-13(2-4-26-18)15-17(27-16)28-20(31-12-6-11(22)8-25-9-12)29-19(15)30-5-3-21(10-30)7-14(21)23/h2,4,6,8-9,14H,3,5,7,10,23H2,1H3,(H,24,26)(H,27,28,29). The second kappa shape index (κ2) is 6.48. The third-order valence-corrected chi connectivity index (χ3v) is 6.40. The Hall–Kier alpha value is -3.53. The molecule has 4 aromatic rings. The lowest BCUT2D eigenvalue weighted by atomic mass is 10.1. The zero-order valence-corrected chi connectivity index (χ0v) is 16.9. The fourth-order valence-electron chi connectivity index (χ4n) is 4.63. The first-order chi connectivity index (χ1) is 15.1. The number of halogens is 1. The molecular weight excluding hydrogens is 399 g/mol. The van der Waals surface area contributed by atoms with E-state index < -0.39 is 5.82 Å². The second-order valence-corrected chi connectivity index (χ2v) is 8.30. The maximum absolute atomic E-state index is 13.6. The molecule has 2 atom stereocenters. The van der Waals surface area contributed by atoms with Crippen molar-refractivity contribution in [3.63, 3.8) is 0 Å². The van der Waals surface area contributed by atoms with E-state index in [1.54, 1.807) is 6.20 Å². The Morgan fingerprint density at radius 2 is 2.23 bits per heavy atom. The summed E-state index contributed by atoms with van der Waals surface area (Å²) in [4.78, 5) is 23.1. The highest BCUT2D eigenvalue weighted by molar-refractivity contribution is 6.14. The molecule has 0 bridgehead atoms. The number of rotatable bonds is 4. The first-order valence-corrected chi connectivity index (χ1v) is 10.2. The number of aromatic nitrogens is 5. The van der Waals surface area contributed by atoms with Crippen molar-refractivity contribution in [2.75, 3.05) is 30.4 Å². The number of H-pyrrole nitrogens is 1. The molecule has 1 saturated carbocycles. The van der Waals surface area contributed by atoms with Gasteiger partial charge < -0.3 is 25.7 Å². The molecule has 9 nitrogen and oxygen atoms in total. The minimum absolute atomic E-state index is 0.126. The molecule has 0 aromatic carbocycles. The summed E-state index contributed by atoms with van der Waals surface area (Å²) >= 11 is 0. The number of hydrogen-bond acceptors (Lipinski definition) is 8. The monoisotopic (exact) mass is 420 g/mol. The number of aromatic amines is 1. The highest BCUT2D eigenvalue weighted by Gasteiger charge is 2.55. The minimum atomic E-state index is -0.488. The molecule has 2 unspecified atom stereocenters. The third kappa shape index (κ3) is 2.86. The fourth-order valence-corrected chi connectivity index (χ4v) is 4.63. The summed E-state index contributed by atoms with van der Waals surface area (Å²) in [6, 6.07) is 3.57. The van der Waals surface area contributed by atoms with Gasteiger partial charge in [-0.05, 0) is 18.9 Å². The van der Waals surface area contributed by atoms with Crippen molar-refractivity contribution in [3.8, 4) is 11.8 Å². The lowest BCUT2D eigenvalue weighted by Crippen LogP contribution is -2.24. The summed E-state index contributed by atoms with van der Waals surface area (Å²) in [7, 11) is 1.82. The van der Waals surface area contributed by atoms with E-state index in [1.165, 1.54) is 12.3 Å². The van der Waals surface area contributed by atoms with Crippen LogP contribution in [-0.2, 0) is 0 Å². The zero-order chi connectivity index (χ0) is 21.2. The van der Waals surface area contributed by atoms with Crippen LogP contribution in [0.5, 0.6) is 11.8 Å². The summed E-state index contributed by atoms with van der Waals surface area (Å²) in [6.45, 7) is 1.70. The van der Waals surface area contributed by atoms with E-state index in [0.29, 0.717) is 5.65 Å². The maximum atomic E-state index is 13.6. The van der Waals surface area contributed by atoms with E-state index in [4.69, 9.17) is 15.5 Å². The van der Waals surface area contributed by atoms with Crippen LogP contribution in [0.3, 0.4) is 0 Å². The SMILES string of the molecule is CNc1nccc2c1[nH]c1nc(Oc3cncc(F)c3)nc(N3CCC4(CC4N)C3)c12. The molecule has 4 N–H and O–H groups in total. The molecule has 4 aromatic heterocycles. The molecule has 0 radical (unpaired) electrons. The van der Waals surface area contributed by atoms with Crippen LogP contribution in [0.15, 0.2) is 30.7 Å². The first-order valence-electron chi connectivity index (χ1n) is 10.2. The van der Waals surface area contributed by atoms with Crippen LogP contribution >= 0.6 is 0 Å². The lowest BCUT2D eigenvalue weighted by Gasteiger charge is -2.19. The van der Waals surface area contributed by atoms with Crippen molar-refractivity contribution in [3.05, 3.63) is 36.5 Å². The number of anilines is 2. The van der Waals surface area contributed by atoms with Crippen molar-refractivity contribution in [2.24, 2.45) is 11.1 Å². The van der Waals surface area contributed by atoms with Crippen LogP contribution in [0.1, 0.15) is 12.8 Å². The first kappa shape index (κ1) is 18.3. The molecule has 2 fully saturated rings. The quantitative estimate of drug-likeness (QED) is 0.461. The van der Waals surface area contributed by atoms with Gasteiger partial charge in [0.05, 0.1) is 23.3 Å². The average Bonchev–Trinajstić information content (AvgIpc) is 3.08. The number of nitrogens with one attached hydrogen (secondary N) is 2. The number of pyridine rings is 2. The highest BCUT2D eigenvalue weighted by Crippen LogP contribution is 2.53. The average molecular weight is 420 g/mol. The summed E-state index contributed by atoms with van der Waals surface area (Å²) in [5, 5.41) is 4.99. The van der Waals surface area contributed by atoms with Gasteiger partial charge in [-0.3, -0.25) is 4.98 Å². The Kier molecular flexibility index (Phi) is 3.82. The number of ether oxygens (including phenoxy) is 1. The van der Waals surface area contributed by atoms with Crippen LogP contribution in [-0.4, -0.2) is 51.1 Å². The van der Waals surface area contributed by atoms with Gasteiger partial charge in [0.15, 0.2) is 5.75 Å². The largest absolute Gasteiger partial charge is 0.422 e. The molecule has 0 amide bonds. The smallest absolute Gasteiger partial charge is 0.326 e. The molecule has 1 aliphatic carbocycles. The Bertz CT molecular complexity index is 1320. The van der Waals surface area contributed by atoms with Gasteiger partial charge in [0.25, 0.3) is 0 Å². The van der Waals surface area contributed by atoms with Crippen LogP contribution in [0, 0.1) is 11.2 Å². The molecular formula is C21H21FN8O. The third-order valence-electron chi connectivity index (χ3n) is 6.40. The van der Waals surface area contributed by atoms with E-state index >= 15 is 0 Å². The van der Waals surface area contributed by atoms with Crippen LogP contribution in [0.2, 0.25) is 0 Å². The van der Waals surface area contributed by atoms with E-state index in [-0.39, 0.29) is 23.2 Å². The molecule has 10 heteroatoms. The molecule has 31 heavy (non-hydrogen) atoms. The van der Waals surface area contributed by atoms with Crippen molar-refractivity contribution in [1.82, 2.24) is 24.9 Å².